The molecule has 6 aliphatic rings. The Hall–Kier alpha value is -1.47. The van der Waals surface area contributed by atoms with Crippen LogP contribution in [-0.2, 0) is 38.0 Å². The van der Waals surface area contributed by atoms with Crippen molar-refractivity contribution < 1.29 is 93.8 Å². The van der Waals surface area contributed by atoms with Crippen molar-refractivity contribution in [2.24, 2.45) is 17.8 Å². The molecule has 328 valence electrons. The number of rotatable bonds is 12. The number of carbonyl (C=O) groups excluding carboxylic acids is 1. The first-order chi connectivity index (χ1) is 27.2. The zero-order valence-electron chi connectivity index (χ0n) is 32.3. The molecule has 3 aliphatic carbocycles. The van der Waals surface area contributed by atoms with E-state index in [0.29, 0.717) is 25.7 Å². The fourth-order valence-electron chi connectivity index (χ4n) is 9.54. The summed E-state index contributed by atoms with van der Waals surface area (Å²) in [6.45, 7) is -1.13. The molecule has 19 nitrogen and oxygen atoms in total. The van der Waals surface area contributed by atoms with Crippen molar-refractivity contribution in [1.29, 1.82) is 0 Å². The van der Waals surface area contributed by atoms with Gasteiger partial charge >= 0.3 is 5.97 Å². The van der Waals surface area contributed by atoms with Gasteiger partial charge in [0.15, 0.2) is 24.8 Å². The molecule has 0 amide bonds. The molecule has 6 fully saturated rings. The first kappa shape index (κ1) is 45.1. The Labute approximate surface area is 331 Å². The van der Waals surface area contributed by atoms with Crippen LogP contribution < -0.4 is 0 Å². The van der Waals surface area contributed by atoms with E-state index in [9.17, 15) is 55.9 Å². The van der Waals surface area contributed by atoms with Crippen LogP contribution in [0.5, 0.6) is 0 Å². The molecule has 57 heavy (non-hydrogen) atoms. The Morgan fingerprint density at radius 3 is 1.82 bits per heavy atom. The lowest BCUT2D eigenvalue weighted by atomic mass is 9.72. The van der Waals surface area contributed by atoms with E-state index in [4.69, 9.17) is 37.9 Å². The quantitative estimate of drug-likeness (QED) is 0.0514. The number of carbonyl (C=O) groups is 1. The molecule has 19 heteroatoms. The lowest BCUT2D eigenvalue weighted by Crippen LogP contribution is -2.64. The summed E-state index contributed by atoms with van der Waals surface area (Å²) in [5.74, 6) is -1.40. The minimum atomic E-state index is -1.75. The van der Waals surface area contributed by atoms with E-state index in [2.05, 4.69) is 0 Å². The zero-order chi connectivity index (χ0) is 41.1. The highest BCUT2D eigenvalue weighted by atomic mass is 16.7. The maximum absolute atomic E-state index is 12.6. The summed E-state index contributed by atoms with van der Waals surface area (Å²) in [6, 6.07) is 0. The summed E-state index contributed by atoms with van der Waals surface area (Å²) in [5, 5.41) is 106. The van der Waals surface area contributed by atoms with Gasteiger partial charge in [-0.3, -0.25) is 0 Å². The summed E-state index contributed by atoms with van der Waals surface area (Å²) in [6.07, 6.45) is -15.0. The van der Waals surface area contributed by atoms with E-state index in [0.717, 1.165) is 12.8 Å². The number of allylic oxidation sites excluding steroid dienone is 1. The van der Waals surface area contributed by atoms with Crippen molar-refractivity contribution in [2.45, 2.75) is 174 Å². The van der Waals surface area contributed by atoms with E-state index < -0.39 is 135 Å². The Kier molecular flexibility index (Phi) is 15.8. The van der Waals surface area contributed by atoms with Gasteiger partial charge in [0.25, 0.3) is 0 Å². The van der Waals surface area contributed by atoms with E-state index in [-0.39, 0.29) is 37.2 Å². The SMILES string of the molecule is COC1CC(C2[OH+]C3CC(O)CC(O[C@@H]4O[C@H](CO)[C@@H](O)[C@H](O)[C@H]4O)C3CC2O[C@@H]2O[C@H](COC(=O)C=CC3CCC(O)CC3)[C@@H](O)[C@H](O)[C@H]2O)CC(OC)C1O. The topological polar surface area (TPSA) is 297 Å². The third kappa shape index (κ3) is 10.4. The van der Waals surface area contributed by atoms with Crippen LogP contribution in [0.25, 0.3) is 0 Å². The van der Waals surface area contributed by atoms with Crippen molar-refractivity contribution in [2.75, 3.05) is 27.4 Å². The highest BCUT2D eigenvalue weighted by molar-refractivity contribution is 5.81. The van der Waals surface area contributed by atoms with E-state index >= 15 is 0 Å². The van der Waals surface area contributed by atoms with Gasteiger partial charge in [0, 0.05) is 39.1 Å². The number of aliphatic hydroxyl groups is 12. The molecule has 0 bridgehead atoms. The van der Waals surface area contributed by atoms with Crippen molar-refractivity contribution in [3.05, 3.63) is 12.2 Å². The smallest absolute Gasteiger partial charge is 0.330 e. The van der Waals surface area contributed by atoms with E-state index in [1.807, 2.05) is 0 Å². The third-order valence-corrected chi connectivity index (χ3v) is 12.9. The monoisotopic (exact) mass is 823 g/mol. The molecule has 6 rings (SSSR count). The molecule has 3 aliphatic heterocycles. The predicted molar refractivity (Wildman–Crippen MR) is 192 cm³/mol. The van der Waals surface area contributed by atoms with Crippen LogP contribution in [0.1, 0.15) is 57.8 Å². The Balaban J connectivity index is 1.20. The molecule has 8 unspecified atom stereocenters. The molecular weight excluding hydrogens is 760 g/mol. The van der Waals surface area contributed by atoms with Crippen molar-refractivity contribution >= 4 is 5.97 Å². The summed E-state index contributed by atoms with van der Waals surface area (Å²) in [7, 11) is 2.96. The van der Waals surface area contributed by atoms with Gasteiger partial charge in [-0.2, -0.15) is 0 Å². The van der Waals surface area contributed by atoms with E-state index in [1.54, 1.807) is 6.08 Å². The van der Waals surface area contributed by atoms with Crippen LogP contribution >= 0.6 is 0 Å². The number of methoxy groups -OCH3 is 2. The number of esters is 1. The van der Waals surface area contributed by atoms with Gasteiger partial charge in [0.05, 0.1) is 43.0 Å². The maximum Gasteiger partial charge on any atom is 0.330 e. The Bertz CT molecular complexity index is 1280. The second-order valence-corrected chi connectivity index (χ2v) is 16.6. The normalized spacial score (nSPS) is 49.7. The van der Waals surface area contributed by atoms with Crippen LogP contribution in [0, 0.1) is 17.8 Å². The second kappa shape index (κ2) is 19.9. The molecule has 3 saturated heterocycles. The van der Waals surface area contributed by atoms with Gasteiger partial charge in [0.1, 0.15) is 67.6 Å². The number of hydrogen-bond donors (Lipinski definition) is 10. The van der Waals surface area contributed by atoms with Gasteiger partial charge in [-0.15, -0.1) is 0 Å². The third-order valence-electron chi connectivity index (χ3n) is 12.9. The van der Waals surface area contributed by atoms with Gasteiger partial charge in [-0.05, 0) is 50.9 Å². The number of aliphatic hydroxyl groups excluding tert-OH is 10. The first-order valence-electron chi connectivity index (χ1n) is 20.2. The summed E-state index contributed by atoms with van der Waals surface area (Å²) >= 11 is 0. The Morgan fingerprint density at radius 1 is 0.649 bits per heavy atom. The Morgan fingerprint density at radius 2 is 1.23 bits per heavy atom. The molecule has 3 heterocycles. The molecule has 11 N–H and O–H groups in total. The fourth-order valence-corrected chi connectivity index (χ4v) is 9.54. The molecular formula is C38H63O19+. The van der Waals surface area contributed by atoms with Gasteiger partial charge in [-0.1, -0.05) is 6.08 Å². The summed E-state index contributed by atoms with van der Waals surface area (Å²) in [5.41, 5.74) is 0. The highest BCUT2D eigenvalue weighted by Crippen LogP contribution is 2.44. The first-order valence-corrected chi connectivity index (χ1v) is 20.2. The minimum absolute atomic E-state index is 0.0776. The highest BCUT2D eigenvalue weighted by Gasteiger charge is 2.57. The van der Waals surface area contributed by atoms with Crippen LogP contribution in [0.4, 0.5) is 0 Å². The van der Waals surface area contributed by atoms with Crippen LogP contribution in [-0.4, -0.2) is 206 Å². The standard InChI is InChI=1S/C38H62O19/c1-50-23-9-17(10-24(51-2)29(23)43)36-25(13-20-21(53-36)11-19(41)12-22(20)54-37-34(48)32(46)30(44)26(14-39)56-37)55-38-35(49)33(47)31(45)27(57-38)15-52-28(42)8-5-16-3-6-18(40)7-4-16/h5,8,16-27,29-41,43-49H,3-4,6-7,9-15H2,1-2H3/p+1/t16?,17?,18?,19?,20?,21?,22?,23?,24?,25?,26-,27-,29?,30-,31-,32+,33+,34-,35-,36?,37-,38-/m1/s1. The van der Waals surface area contributed by atoms with Crippen molar-refractivity contribution in [1.82, 2.24) is 0 Å². The number of ether oxygens (including phenoxy) is 8. The molecule has 0 aromatic rings. The zero-order valence-corrected chi connectivity index (χ0v) is 32.3. The lowest BCUT2D eigenvalue weighted by molar-refractivity contribution is -0.368. The molecule has 3 saturated carbocycles. The second-order valence-electron chi connectivity index (χ2n) is 16.6. The van der Waals surface area contributed by atoms with Gasteiger partial charge in [-0.25, -0.2) is 4.79 Å². The largest absolute Gasteiger partial charge is 0.460 e. The number of hydrogen-bond acceptors (Lipinski definition) is 18. The van der Waals surface area contributed by atoms with Crippen LogP contribution in [0.2, 0.25) is 0 Å². The molecule has 0 spiro atoms. The van der Waals surface area contributed by atoms with E-state index in [1.165, 1.54) is 20.3 Å². The molecule has 0 aromatic carbocycles. The predicted octanol–water partition coefficient (Wildman–Crippen LogP) is -3.74. The van der Waals surface area contributed by atoms with Crippen molar-refractivity contribution in [3.63, 3.8) is 0 Å². The summed E-state index contributed by atoms with van der Waals surface area (Å²) < 4.78 is 46.1. The lowest BCUT2D eigenvalue weighted by Gasteiger charge is -2.50. The minimum Gasteiger partial charge on any atom is -0.460 e. The molecule has 18 atom stereocenters. The van der Waals surface area contributed by atoms with Gasteiger partial charge < -0.3 is 89.0 Å². The van der Waals surface area contributed by atoms with Crippen LogP contribution in [0.3, 0.4) is 0 Å². The van der Waals surface area contributed by atoms with Crippen molar-refractivity contribution in [3.8, 4) is 0 Å². The number of fused-ring (bicyclic) bond motifs is 1. The van der Waals surface area contributed by atoms with Crippen LogP contribution in [0.15, 0.2) is 12.2 Å². The maximum atomic E-state index is 12.6. The molecule has 0 aromatic heterocycles. The summed E-state index contributed by atoms with van der Waals surface area (Å²) in [4.78, 5) is 12.6. The molecule has 0 radical (unpaired) electrons. The average molecular weight is 824 g/mol. The fraction of sp³-hybridized carbons (Fsp3) is 0.921. The average Bonchev–Trinajstić information content (AvgIpc) is 3.20. The van der Waals surface area contributed by atoms with Gasteiger partial charge in [0.2, 0.25) is 0 Å².